The molecule has 1 aromatic heterocycles. The molecule has 2 heterocycles. The average molecular weight is 248 g/mol. The van der Waals surface area contributed by atoms with Crippen LogP contribution in [0.4, 0.5) is 11.6 Å². The Hall–Kier alpha value is -1.32. The zero-order valence-electron chi connectivity index (χ0n) is 11.7. The van der Waals surface area contributed by atoms with Gasteiger partial charge in [0.2, 0.25) is 0 Å². The summed E-state index contributed by atoms with van der Waals surface area (Å²) in [5.41, 5.74) is 0. The van der Waals surface area contributed by atoms with Crippen LogP contribution in [0.1, 0.15) is 51.8 Å². The maximum absolute atomic E-state index is 4.70. The number of aromatic nitrogens is 2. The van der Waals surface area contributed by atoms with Crippen LogP contribution in [-0.4, -0.2) is 29.6 Å². The largest absolute Gasteiger partial charge is 0.370 e. The van der Waals surface area contributed by atoms with E-state index < -0.39 is 0 Å². The predicted octanol–water partition coefficient (Wildman–Crippen LogP) is 3.02. The van der Waals surface area contributed by atoms with E-state index in [1.165, 1.54) is 12.8 Å². The van der Waals surface area contributed by atoms with Crippen molar-refractivity contribution < 1.29 is 0 Å². The van der Waals surface area contributed by atoms with Gasteiger partial charge in [-0.3, -0.25) is 0 Å². The van der Waals surface area contributed by atoms with Gasteiger partial charge in [-0.1, -0.05) is 20.8 Å². The van der Waals surface area contributed by atoms with Gasteiger partial charge in [0.1, 0.15) is 17.5 Å². The monoisotopic (exact) mass is 248 g/mol. The van der Waals surface area contributed by atoms with Gasteiger partial charge in [-0.15, -0.1) is 0 Å². The van der Waals surface area contributed by atoms with Gasteiger partial charge in [0.05, 0.1) is 0 Å². The third kappa shape index (κ3) is 3.12. The van der Waals surface area contributed by atoms with E-state index in [4.69, 9.17) is 4.98 Å². The molecule has 1 N–H and O–H groups in total. The van der Waals surface area contributed by atoms with Crippen LogP contribution in [0.25, 0.3) is 0 Å². The molecule has 0 bridgehead atoms. The molecule has 1 fully saturated rings. The van der Waals surface area contributed by atoms with Crippen molar-refractivity contribution in [3.63, 3.8) is 0 Å². The molecule has 0 atom stereocenters. The number of anilines is 2. The zero-order valence-corrected chi connectivity index (χ0v) is 11.7. The van der Waals surface area contributed by atoms with Crippen molar-refractivity contribution in [2.24, 2.45) is 0 Å². The highest BCUT2D eigenvalue weighted by atomic mass is 15.2. The van der Waals surface area contributed by atoms with Crippen LogP contribution in [-0.2, 0) is 0 Å². The summed E-state index contributed by atoms with van der Waals surface area (Å²) < 4.78 is 0. The minimum absolute atomic E-state index is 0.370. The first-order valence-corrected chi connectivity index (χ1v) is 7.08. The Morgan fingerprint density at radius 1 is 1.28 bits per heavy atom. The molecule has 4 nitrogen and oxygen atoms in total. The smallest absolute Gasteiger partial charge is 0.135 e. The van der Waals surface area contributed by atoms with Crippen molar-refractivity contribution in [2.75, 3.05) is 29.9 Å². The van der Waals surface area contributed by atoms with Gasteiger partial charge >= 0.3 is 0 Å². The Balaban J connectivity index is 2.23. The van der Waals surface area contributed by atoms with E-state index in [2.05, 4.69) is 42.0 Å². The molecule has 18 heavy (non-hydrogen) atoms. The fraction of sp³-hybridized carbons (Fsp3) is 0.714. The SMILES string of the molecule is CCCNc1cc(N2CCCC2)nc(C(C)C)n1. The van der Waals surface area contributed by atoms with E-state index in [9.17, 15) is 0 Å². The normalized spacial score (nSPS) is 15.4. The van der Waals surface area contributed by atoms with Crippen molar-refractivity contribution in [1.29, 1.82) is 0 Å². The van der Waals surface area contributed by atoms with Gasteiger partial charge in [-0.05, 0) is 19.3 Å². The van der Waals surface area contributed by atoms with E-state index in [0.29, 0.717) is 5.92 Å². The summed E-state index contributed by atoms with van der Waals surface area (Å²) in [6, 6.07) is 2.09. The van der Waals surface area contributed by atoms with E-state index >= 15 is 0 Å². The molecule has 1 aromatic rings. The highest BCUT2D eigenvalue weighted by Crippen LogP contribution is 2.23. The van der Waals surface area contributed by atoms with E-state index in [1.807, 2.05) is 0 Å². The molecule has 100 valence electrons. The molecule has 0 radical (unpaired) electrons. The third-order valence-electron chi connectivity index (χ3n) is 3.23. The standard InChI is InChI=1S/C14H24N4/c1-4-7-15-12-10-13(18-8-5-6-9-18)17-14(16-12)11(2)3/h10-11H,4-9H2,1-3H3,(H,15,16,17). The second kappa shape index (κ2) is 6.03. The molecule has 1 aliphatic rings. The lowest BCUT2D eigenvalue weighted by molar-refractivity contribution is 0.764. The van der Waals surface area contributed by atoms with Gasteiger partial charge in [-0.2, -0.15) is 0 Å². The second-order valence-corrected chi connectivity index (χ2v) is 5.25. The molecule has 0 aliphatic carbocycles. The first-order chi connectivity index (χ1) is 8.70. The minimum Gasteiger partial charge on any atom is -0.370 e. The molecule has 1 saturated heterocycles. The summed E-state index contributed by atoms with van der Waals surface area (Å²) in [7, 11) is 0. The Morgan fingerprint density at radius 2 is 2.00 bits per heavy atom. The molecular formula is C14H24N4. The van der Waals surface area contributed by atoms with E-state index in [-0.39, 0.29) is 0 Å². The Morgan fingerprint density at radius 3 is 2.61 bits per heavy atom. The Bertz CT molecular complexity index is 383. The van der Waals surface area contributed by atoms with Crippen molar-refractivity contribution in [3.05, 3.63) is 11.9 Å². The summed E-state index contributed by atoms with van der Waals surface area (Å²) in [5, 5.41) is 3.38. The van der Waals surface area contributed by atoms with Crippen LogP contribution in [0.5, 0.6) is 0 Å². The van der Waals surface area contributed by atoms with E-state index in [1.54, 1.807) is 0 Å². The molecule has 4 heteroatoms. The van der Waals surface area contributed by atoms with Crippen molar-refractivity contribution in [1.82, 2.24) is 9.97 Å². The zero-order chi connectivity index (χ0) is 13.0. The van der Waals surface area contributed by atoms with Gasteiger partial charge in [0, 0.05) is 31.6 Å². The molecule has 0 aromatic carbocycles. The van der Waals surface area contributed by atoms with E-state index in [0.717, 1.165) is 43.5 Å². The summed E-state index contributed by atoms with van der Waals surface area (Å²) >= 11 is 0. The maximum atomic E-state index is 4.70. The molecule has 2 rings (SSSR count). The Kier molecular flexibility index (Phi) is 4.39. The van der Waals surface area contributed by atoms with Crippen LogP contribution in [0, 0.1) is 0 Å². The molecule has 0 unspecified atom stereocenters. The van der Waals surface area contributed by atoms with Gasteiger partial charge in [0.15, 0.2) is 0 Å². The number of nitrogens with zero attached hydrogens (tertiary/aromatic N) is 3. The van der Waals surface area contributed by atoms with Crippen LogP contribution in [0.15, 0.2) is 6.07 Å². The number of hydrogen-bond acceptors (Lipinski definition) is 4. The number of rotatable bonds is 5. The molecule has 0 amide bonds. The topological polar surface area (TPSA) is 41.0 Å². The Labute approximate surface area is 110 Å². The summed E-state index contributed by atoms with van der Waals surface area (Å²) in [4.78, 5) is 11.7. The second-order valence-electron chi connectivity index (χ2n) is 5.25. The highest BCUT2D eigenvalue weighted by Gasteiger charge is 2.16. The van der Waals surface area contributed by atoms with Crippen LogP contribution >= 0.6 is 0 Å². The number of hydrogen-bond donors (Lipinski definition) is 1. The molecule has 1 aliphatic heterocycles. The highest BCUT2D eigenvalue weighted by molar-refractivity contribution is 5.50. The predicted molar refractivity (Wildman–Crippen MR) is 76.3 cm³/mol. The lowest BCUT2D eigenvalue weighted by Gasteiger charge is -2.19. The first kappa shape index (κ1) is 13.1. The fourth-order valence-corrected chi connectivity index (χ4v) is 2.16. The summed E-state index contributed by atoms with van der Waals surface area (Å²) in [6.07, 6.45) is 3.66. The maximum Gasteiger partial charge on any atom is 0.135 e. The van der Waals surface area contributed by atoms with Crippen LogP contribution in [0.3, 0.4) is 0 Å². The van der Waals surface area contributed by atoms with Crippen molar-refractivity contribution in [2.45, 2.75) is 46.0 Å². The average Bonchev–Trinajstić information content (AvgIpc) is 2.89. The molecule has 0 spiro atoms. The van der Waals surface area contributed by atoms with Crippen molar-refractivity contribution in [3.8, 4) is 0 Å². The summed E-state index contributed by atoms with van der Waals surface area (Å²) in [5.74, 6) is 3.37. The van der Waals surface area contributed by atoms with Gasteiger partial charge in [-0.25, -0.2) is 9.97 Å². The first-order valence-electron chi connectivity index (χ1n) is 7.08. The summed E-state index contributed by atoms with van der Waals surface area (Å²) in [6.45, 7) is 9.68. The van der Waals surface area contributed by atoms with Gasteiger partial charge in [0.25, 0.3) is 0 Å². The minimum atomic E-state index is 0.370. The quantitative estimate of drug-likeness (QED) is 0.869. The third-order valence-corrected chi connectivity index (χ3v) is 3.23. The van der Waals surface area contributed by atoms with Crippen LogP contribution in [0.2, 0.25) is 0 Å². The molecular weight excluding hydrogens is 224 g/mol. The lowest BCUT2D eigenvalue weighted by atomic mass is 10.2. The van der Waals surface area contributed by atoms with Gasteiger partial charge < -0.3 is 10.2 Å². The molecule has 0 saturated carbocycles. The fourth-order valence-electron chi connectivity index (χ4n) is 2.16. The van der Waals surface area contributed by atoms with Crippen LogP contribution < -0.4 is 10.2 Å². The van der Waals surface area contributed by atoms with Crippen molar-refractivity contribution >= 4 is 11.6 Å². The number of nitrogens with one attached hydrogen (secondary N) is 1. The lowest BCUT2D eigenvalue weighted by Crippen LogP contribution is -2.20.